The summed E-state index contributed by atoms with van der Waals surface area (Å²) in [6, 6.07) is 30.5. The van der Waals surface area contributed by atoms with Crippen molar-refractivity contribution in [2.45, 2.75) is 26.1 Å². The van der Waals surface area contributed by atoms with Gasteiger partial charge in [0, 0.05) is 42.8 Å². The molecule has 3 aromatic carbocycles. The molecule has 0 saturated carbocycles. The van der Waals surface area contributed by atoms with E-state index in [-0.39, 0.29) is 0 Å². The first-order valence-corrected chi connectivity index (χ1v) is 9.78. The van der Waals surface area contributed by atoms with E-state index in [1.54, 1.807) is 5.56 Å². The summed E-state index contributed by atoms with van der Waals surface area (Å²) in [6.07, 6.45) is 1.13. The zero-order valence-electron chi connectivity index (χ0n) is 15.5. The van der Waals surface area contributed by atoms with Gasteiger partial charge in [0.05, 0.1) is 0 Å². The Labute approximate surface area is 160 Å². The normalized spacial score (nSPS) is 14.4. The monoisotopic (exact) mass is 352 g/mol. The molecule has 0 aliphatic carbocycles. The summed E-state index contributed by atoms with van der Waals surface area (Å²) < 4.78 is 2.54. The number of hydrogen-bond donors (Lipinski definition) is 0. The molecule has 4 aromatic rings. The molecule has 134 valence electrons. The Morgan fingerprint density at radius 3 is 2.04 bits per heavy atom. The van der Waals surface area contributed by atoms with Gasteiger partial charge in [0.15, 0.2) is 0 Å². The molecule has 1 aliphatic heterocycles. The molecule has 5 rings (SSSR count). The van der Waals surface area contributed by atoms with Crippen molar-refractivity contribution >= 4 is 10.9 Å². The third-order valence-electron chi connectivity index (χ3n) is 5.68. The van der Waals surface area contributed by atoms with Gasteiger partial charge in [-0.05, 0) is 29.2 Å². The van der Waals surface area contributed by atoms with Crippen molar-refractivity contribution in [3.8, 4) is 0 Å². The van der Waals surface area contributed by atoms with Crippen LogP contribution in [0, 0.1) is 0 Å². The van der Waals surface area contributed by atoms with Crippen molar-refractivity contribution in [1.29, 1.82) is 0 Å². The van der Waals surface area contributed by atoms with E-state index in [0.29, 0.717) is 0 Å². The minimum Gasteiger partial charge on any atom is -0.339 e. The molecule has 2 nitrogen and oxygen atoms in total. The van der Waals surface area contributed by atoms with E-state index in [2.05, 4.69) is 94.4 Å². The topological polar surface area (TPSA) is 8.17 Å². The van der Waals surface area contributed by atoms with Gasteiger partial charge >= 0.3 is 0 Å². The minimum absolute atomic E-state index is 0.940. The largest absolute Gasteiger partial charge is 0.339 e. The molecule has 1 aromatic heterocycles. The van der Waals surface area contributed by atoms with E-state index in [1.165, 1.54) is 27.7 Å². The third-order valence-corrected chi connectivity index (χ3v) is 5.68. The van der Waals surface area contributed by atoms with Crippen molar-refractivity contribution in [3.05, 3.63) is 107 Å². The van der Waals surface area contributed by atoms with E-state index in [1.807, 2.05) is 0 Å². The second-order valence-electron chi connectivity index (χ2n) is 7.46. The van der Waals surface area contributed by atoms with Crippen molar-refractivity contribution in [2.24, 2.45) is 0 Å². The maximum Gasteiger partial charge on any atom is 0.0488 e. The number of fused-ring (bicyclic) bond motifs is 3. The van der Waals surface area contributed by atoms with Gasteiger partial charge in [0.1, 0.15) is 0 Å². The highest BCUT2D eigenvalue weighted by atomic mass is 15.2. The first-order valence-electron chi connectivity index (χ1n) is 9.78. The summed E-state index contributed by atoms with van der Waals surface area (Å²) in [6.45, 7) is 4.11. The Kier molecular flexibility index (Phi) is 4.27. The van der Waals surface area contributed by atoms with Crippen molar-refractivity contribution in [3.63, 3.8) is 0 Å². The molecule has 0 unspecified atom stereocenters. The Bertz CT molecular complexity index is 1050. The van der Waals surface area contributed by atoms with Crippen LogP contribution in [0.25, 0.3) is 10.9 Å². The summed E-state index contributed by atoms with van der Waals surface area (Å²) in [5.74, 6) is 0. The van der Waals surface area contributed by atoms with E-state index >= 15 is 0 Å². The molecular weight excluding hydrogens is 328 g/mol. The molecule has 0 bridgehead atoms. The quantitative estimate of drug-likeness (QED) is 0.487. The average Bonchev–Trinajstić information content (AvgIpc) is 3.03. The number of nitrogens with zero attached hydrogens (tertiary/aromatic N) is 2. The van der Waals surface area contributed by atoms with Crippen LogP contribution in [-0.2, 0) is 26.1 Å². The van der Waals surface area contributed by atoms with Gasteiger partial charge in [0.2, 0.25) is 0 Å². The lowest BCUT2D eigenvalue weighted by molar-refractivity contribution is 0.239. The van der Waals surface area contributed by atoms with Gasteiger partial charge < -0.3 is 4.57 Å². The predicted molar refractivity (Wildman–Crippen MR) is 112 cm³/mol. The van der Waals surface area contributed by atoms with Crippen molar-refractivity contribution in [2.75, 3.05) is 6.54 Å². The molecule has 2 heteroatoms. The standard InChI is InChI=1S/C25H24N2/c1-3-9-20(10-4-1)17-26-16-15-23-22-13-7-8-14-24(22)27(25(23)19-26)18-21-11-5-2-6-12-21/h1-14H,15-19H2. The number of para-hydroxylation sites is 1. The lowest BCUT2D eigenvalue weighted by Gasteiger charge is -2.28. The van der Waals surface area contributed by atoms with Crippen LogP contribution in [0.1, 0.15) is 22.4 Å². The van der Waals surface area contributed by atoms with Gasteiger partial charge in [-0.1, -0.05) is 78.9 Å². The molecule has 0 spiro atoms. The van der Waals surface area contributed by atoms with E-state index in [0.717, 1.165) is 32.6 Å². The van der Waals surface area contributed by atoms with Crippen molar-refractivity contribution < 1.29 is 0 Å². The average molecular weight is 352 g/mol. The van der Waals surface area contributed by atoms with Gasteiger partial charge in [0.25, 0.3) is 0 Å². The first-order chi connectivity index (χ1) is 13.4. The summed E-state index contributed by atoms with van der Waals surface area (Å²) in [5.41, 5.74) is 7.16. The Balaban J connectivity index is 1.52. The molecule has 0 atom stereocenters. The van der Waals surface area contributed by atoms with Gasteiger partial charge in [-0.2, -0.15) is 0 Å². The van der Waals surface area contributed by atoms with Gasteiger partial charge in [-0.3, -0.25) is 4.90 Å². The van der Waals surface area contributed by atoms with Crippen LogP contribution in [0.3, 0.4) is 0 Å². The fourth-order valence-electron chi connectivity index (χ4n) is 4.37. The fraction of sp³-hybridized carbons (Fsp3) is 0.200. The Morgan fingerprint density at radius 2 is 1.30 bits per heavy atom. The summed E-state index contributed by atoms with van der Waals surface area (Å²) in [5, 5.41) is 1.43. The van der Waals surface area contributed by atoms with Gasteiger partial charge in [-0.25, -0.2) is 0 Å². The van der Waals surface area contributed by atoms with Gasteiger partial charge in [-0.15, -0.1) is 0 Å². The molecule has 0 N–H and O–H groups in total. The summed E-state index contributed by atoms with van der Waals surface area (Å²) >= 11 is 0. The van der Waals surface area contributed by atoms with Crippen LogP contribution >= 0.6 is 0 Å². The molecule has 1 aliphatic rings. The molecule has 0 amide bonds. The van der Waals surface area contributed by atoms with Crippen LogP contribution in [-0.4, -0.2) is 16.0 Å². The predicted octanol–water partition coefficient (Wildman–Crippen LogP) is 5.25. The number of rotatable bonds is 4. The number of benzene rings is 3. The van der Waals surface area contributed by atoms with Crippen LogP contribution in [0.5, 0.6) is 0 Å². The second kappa shape index (κ2) is 7.05. The zero-order valence-corrected chi connectivity index (χ0v) is 15.5. The van der Waals surface area contributed by atoms with E-state index in [4.69, 9.17) is 0 Å². The highest BCUT2D eigenvalue weighted by molar-refractivity contribution is 5.86. The smallest absolute Gasteiger partial charge is 0.0488 e. The molecule has 0 saturated heterocycles. The lowest BCUT2D eigenvalue weighted by atomic mass is 10.0. The summed E-state index contributed by atoms with van der Waals surface area (Å²) in [7, 11) is 0. The highest BCUT2D eigenvalue weighted by Gasteiger charge is 2.23. The molecular formula is C25H24N2. The van der Waals surface area contributed by atoms with Crippen LogP contribution < -0.4 is 0 Å². The molecule has 0 radical (unpaired) electrons. The highest BCUT2D eigenvalue weighted by Crippen LogP contribution is 2.32. The number of aromatic nitrogens is 1. The molecule has 2 heterocycles. The minimum atomic E-state index is 0.940. The zero-order chi connectivity index (χ0) is 18.1. The second-order valence-corrected chi connectivity index (χ2v) is 7.46. The van der Waals surface area contributed by atoms with E-state index < -0.39 is 0 Å². The van der Waals surface area contributed by atoms with Crippen LogP contribution in [0.4, 0.5) is 0 Å². The first kappa shape index (κ1) is 16.3. The lowest BCUT2D eigenvalue weighted by Crippen LogP contribution is -2.31. The van der Waals surface area contributed by atoms with Crippen LogP contribution in [0.2, 0.25) is 0 Å². The Morgan fingerprint density at radius 1 is 0.667 bits per heavy atom. The maximum atomic E-state index is 2.58. The SMILES string of the molecule is c1ccc(CN2CCc3c(n(Cc4ccccc4)c4ccccc34)C2)cc1. The fourth-order valence-corrected chi connectivity index (χ4v) is 4.37. The molecule has 0 fully saturated rings. The number of hydrogen-bond acceptors (Lipinski definition) is 1. The van der Waals surface area contributed by atoms with Crippen molar-refractivity contribution in [1.82, 2.24) is 9.47 Å². The maximum absolute atomic E-state index is 2.58. The Hall–Kier alpha value is -2.84. The van der Waals surface area contributed by atoms with E-state index in [9.17, 15) is 0 Å². The summed E-state index contributed by atoms with van der Waals surface area (Å²) in [4.78, 5) is 2.58. The van der Waals surface area contributed by atoms with Crippen LogP contribution in [0.15, 0.2) is 84.9 Å². The molecule has 27 heavy (non-hydrogen) atoms. The third kappa shape index (κ3) is 3.17.